The molecular weight excluding hydrogens is 284 g/mol. The molecule has 0 saturated carbocycles. The molecule has 0 saturated heterocycles. The van der Waals surface area contributed by atoms with Gasteiger partial charge in [-0.1, -0.05) is 24.3 Å². The van der Waals surface area contributed by atoms with Crippen LogP contribution in [0.25, 0.3) is 10.9 Å². The molecule has 22 heavy (non-hydrogen) atoms. The van der Waals surface area contributed by atoms with Crippen LogP contribution >= 0.6 is 0 Å². The fourth-order valence-electron chi connectivity index (χ4n) is 1.95. The maximum atomic E-state index is 12.3. The van der Waals surface area contributed by atoms with Gasteiger partial charge in [-0.05, 0) is 18.2 Å². The van der Waals surface area contributed by atoms with Crippen LogP contribution in [-0.2, 0) is 9.47 Å². The molecule has 1 heterocycles. The monoisotopic (exact) mass is 302 g/mol. The topological polar surface area (TPSA) is 71.6 Å². The second-order valence-electron chi connectivity index (χ2n) is 4.69. The number of rotatable bonds is 5. The predicted molar refractivity (Wildman–Crippen MR) is 82.8 cm³/mol. The van der Waals surface area contributed by atoms with Gasteiger partial charge in [-0.3, -0.25) is 4.79 Å². The fraction of sp³-hybridized carbons (Fsp3) is 0.250. The van der Waals surface area contributed by atoms with E-state index in [2.05, 4.69) is 9.72 Å². The van der Waals surface area contributed by atoms with Crippen LogP contribution in [0.5, 0.6) is 0 Å². The van der Waals surface area contributed by atoms with Gasteiger partial charge in [0.1, 0.15) is 12.3 Å². The van der Waals surface area contributed by atoms with E-state index in [9.17, 15) is 9.59 Å². The summed E-state index contributed by atoms with van der Waals surface area (Å²) < 4.78 is 9.04. The van der Waals surface area contributed by atoms with Crippen LogP contribution in [0, 0.1) is 0 Å². The van der Waals surface area contributed by atoms with Crippen molar-refractivity contribution in [3.05, 3.63) is 48.2 Å². The fourth-order valence-corrected chi connectivity index (χ4v) is 1.95. The quantitative estimate of drug-likeness (QED) is 0.680. The molecule has 6 nitrogen and oxygen atoms in total. The highest BCUT2D eigenvalue weighted by Gasteiger charge is 2.12. The number of carbonyl (C=O) groups is 2. The molecule has 2 rings (SSSR count). The van der Waals surface area contributed by atoms with Crippen molar-refractivity contribution in [2.24, 2.45) is 0 Å². The number of fused-ring (bicyclic) bond motifs is 1. The van der Waals surface area contributed by atoms with Gasteiger partial charge in [0.2, 0.25) is 0 Å². The minimum atomic E-state index is -0.729. The van der Waals surface area contributed by atoms with Gasteiger partial charge < -0.3 is 19.4 Å². The Kier molecular flexibility index (Phi) is 5.19. The molecule has 0 aliphatic rings. The van der Waals surface area contributed by atoms with E-state index in [0.717, 1.165) is 10.9 Å². The molecule has 0 aliphatic carbocycles. The molecule has 0 atom stereocenters. The van der Waals surface area contributed by atoms with Crippen LogP contribution in [0.1, 0.15) is 10.5 Å². The van der Waals surface area contributed by atoms with Crippen LogP contribution in [0.2, 0.25) is 0 Å². The molecule has 0 spiro atoms. The summed E-state index contributed by atoms with van der Waals surface area (Å²) in [7, 11) is 2.96. The predicted octanol–water partition coefficient (Wildman–Crippen LogP) is 2.58. The van der Waals surface area contributed by atoms with Gasteiger partial charge in [-0.25, -0.2) is 4.79 Å². The Labute approximate surface area is 128 Å². The van der Waals surface area contributed by atoms with E-state index in [1.807, 2.05) is 30.3 Å². The molecule has 1 aromatic carbocycles. The zero-order valence-corrected chi connectivity index (χ0v) is 12.5. The van der Waals surface area contributed by atoms with Crippen molar-refractivity contribution in [1.82, 2.24) is 9.88 Å². The molecule has 1 N–H and O–H groups in total. The highest BCUT2D eigenvalue weighted by atomic mass is 16.7. The van der Waals surface area contributed by atoms with Crippen LogP contribution in [-0.4, -0.2) is 49.3 Å². The number of aromatic nitrogens is 1. The van der Waals surface area contributed by atoms with E-state index in [1.54, 1.807) is 24.1 Å². The standard InChI is InChI=1S/C16H18N2O4/c1-18(9-5-6-10-22-16(20)21-2)15(19)14-11-12-7-3-4-8-13(12)17-14/h3-8,11,17H,9-10H2,1-2H3/b6-5+. The highest BCUT2D eigenvalue weighted by Crippen LogP contribution is 2.15. The number of likely N-dealkylation sites (N-methyl/N-ethyl adjacent to an activating group) is 1. The lowest BCUT2D eigenvalue weighted by Crippen LogP contribution is -2.27. The molecule has 116 valence electrons. The molecule has 1 aromatic heterocycles. The van der Waals surface area contributed by atoms with Gasteiger partial charge in [0.25, 0.3) is 5.91 Å². The number of methoxy groups -OCH3 is 1. The number of nitrogens with zero attached hydrogens (tertiary/aromatic N) is 1. The van der Waals surface area contributed by atoms with Crippen molar-refractivity contribution in [3.63, 3.8) is 0 Å². The lowest BCUT2D eigenvalue weighted by atomic mass is 10.2. The van der Waals surface area contributed by atoms with Gasteiger partial charge in [-0.15, -0.1) is 0 Å². The van der Waals surface area contributed by atoms with Gasteiger partial charge >= 0.3 is 6.16 Å². The molecule has 0 bridgehead atoms. The van der Waals surface area contributed by atoms with Gasteiger partial charge in [0, 0.05) is 24.5 Å². The zero-order chi connectivity index (χ0) is 15.9. The van der Waals surface area contributed by atoms with Crippen molar-refractivity contribution < 1.29 is 19.1 Å². The first-order valence-electron chi connectivity index (χ1n) is 6.80. The second-order valence-corrected chi connectivity index (χ2v) is 4.69. The first kappa shape index (κ1) is 15.6. The maximum absolute atomic E-state index is 12.3. The Hall–Kier alpha value is -2.76. The Morgan fingerprint density at radius 2 is 2.05 bits per heavy atom. The van der Waals surface area contributed by atoms with Crippen LogP contribution < -0.4 is 0 Å². The third-order valence-corrected chi connectivity index (χ3v) is 3.12. The largest absolute Gasteiger partial charge is 0.508 e. The first-order chi connectivity index (χ1) is 10.6. The van der Waals surface area contributed by atoms with E-state index < -0.39 is 6.16 Å². The van der Waals surface area contributed by atoms with Gasteiger partial charge in [0.05, 0.1) is 7.11 Å². The van der Waals surface area contributed by atoms with Crippen molar-refractivity contribution in [3.8, 4) is 0 Å². The van der Waals surface area contributed by atoms with Crippen molar-refractivity contribution >= 4 is 23.0 Å². The molecular formula is C16H18N2O4. The zero-order valence-electron chi connectivity index (χ0n) is 12.5. The third kappa shape index (κ3) is 3.88. The van der Waals surface area contributed by atoms with E-state index in [-0.39, 0.29) is 12.5 Å². The smallest absolute Gasteiger partial charge is 0.438 e. The van der Waals surface area contributed by atoms with E-state index in [1.165, 1.54) is 7.11 Å². The maximum Gasteiger partial charge on any atom is 0.508 e. The summed E-state index contributed by atoms with van der Waals surface area (Å²) in [4.78, 5) is 27.7. The summed E-state index contributed by atoms with van der Waals surface area (Å²) in [5.74, 6) is -0.102. The van der Waals surface area contributed by atoms with E-state index in [4.69, 9.17) is 4.74 Å². The van der Waals surface area contributed by atoms with Crippen molar-refractivity contribution in [1.29, 1.82) is 0 Å². The molecule has 2 aromatic rings. The summed E-state index contributed by atoms with van der Waals surface area (Å²) in [6.45, 7) is 0.528. The summed E-state index contributed by atoms with van der Waals surface area (Å²) in [6, 6.07) is 9.56. The highest BCUT2D eigenvalue weighted by molar-refractivity contribution is 5.97. The number of H-pyrrole nitrogens is 1. The molecule has 0 aliphatic heterocycles. The molecule has 0 radical (unpaired) electrons. The van der Waals surface area contributed by atoms with Gasteiger partial charge in [-0.2, -0.15) is 0 Å². The van der Waals surface area contributed by atoms with Crippen LogP contribution in [0.3, 0.4) is 0 Å². The Morgan fingerprint density at radius 3 is 2.77 bits per heavy atom. The van der Waals surface area contributed by atoms with Crippen molar-refractivity contribution in [2.45, 2.75) is 0 Å². The summed E-state index contributed by atoms with van der Waals surface area (Å²) in [6.07, 6.45) is 2.68. The summed E-state index contributed by atoms with van der Waals surface area (Å²) in [5.41, 5.74) is 1.48. The SMILES string of the molecule is COC(=O)OC/C=C/CN(C)C(=O)c1cc2ccccc2[nH]1. The number of carbonyl (C=O) groups excluding carboxylic acids is 2. The van der Waals surface area contributed by atoms with Crippen LogP contribution in [0.15, 0.2) is 42.5 Å². The molecule has 0 unspecified atom stereocenters. The number of nitrogens with one attached hydrogen (secondary N) is 1. The minimum Gasteiger partial charge on any atom is -0.438 e. The molecule has 0 fully saturated rings. The van der Waals surface area contributed by atoms with E-state index >= 15 is 0 Å². The number of ether oxygens (including phenoxy) is 2. The molecule has 6 heteroatoms. The summed E-state index contributed by atoms with van der Waals surface area (Å²) in [5, 5.41) is 1.00. The Balaban J connectivity index is 1.89. The lowest BCUT2D eigenvalue weighted by molar-refractivity contribution is 0.0791. The Morgan fingerprint density at radius 1 is 1.27 bits per heavy atom. The Bertz CT molecular complexity index is 657. The average molecular weight is 302 g/mol. The van der Waals surface area contributed by atoms with Crippen molar-refractivity contribution in [2.75, 3.05) is 27.3 Å². The normalized spacial score (nSPS) is 10.8. The van der Waals surface area contributed by atoms with Gasteiger partial charge in [0.15, 0.2) is 0 Å². The number of para-hydroxylation sites is 1. The number of hydrogen-bond donors (Lipinski definition) is 1. The lowest BCUT2D eigenvalue weighted by Gasteiger charge is -2.13. The number of benzene rings is 1. The van der Waals surface area contributed by atoms with Crippen LogP contribution in [0.4, 0.5) is 4.79 Å². The average Bonchev–Trinajstić information content (AvgIpc) is 2.97. The minimum absolute atomic E-state index is 0.102. The number of hydrogen-bond acceptors (Lipinski definition) is 4. The first-order valence-corrected chi connectivity index (χ1v) is 6.80. The number of aromatic amines is 1. The molecule has 1 amide bonds. The number of amides is 1. The second kappa shape index (κ2) is 7.31. The van der Waals surface area contributed by atoms with E-state index in [0.29, 0.717) is 12.2 Å². The third-order valence-electron chi connectivity index (χ3n) is 3.12. The summed E-state index contributed by atoms with van der Waals surface area (Å²) >= 11 is 0.